The number of carbonyl (C=O) groups excluding carboxylic acids is 1. The van der Waals surface area contributed by atoms with Gasteiger partial charge >= 0.3 is 0 Å². The number of ether oxygens (including phenoxy) is 1. The van der Waals surface area contributed by atoms with E-state index in [2.05, 4.69) is 30.1 Å². The van der Waals surface area contributed by atoms with E-state index < -0.39 is 6.10 Å². The van der Waals surface area contributed by atoms with Crippen LogP contribution in [-0.2, 0) is 11.3 Å². The van der Waals surface area contributed by atoms with Gasteiger partial charge in [-0.2, -0.15) is 0 Å². The topological polar surface area (TPSA) is 54.5 Å². The fourth-order valence-corrected chi connectivity index (χ4v) is 4.51. The van der Waals surface area contributed by atoms with Crippen molar-refractivity contribution in [1.29, 1.82) is 0 Å². The minimum absolute atomic E-state index is 0.0440. The smallest absolute Gasteiger partial charge is 0.263 e. The third kappa shape index (κ3) is 3.83. The van der Waals surface area contributed by atoms with Crippen molar-refractivity contribution < 1.29 is 9.53 Å². The van der Waals surface area contributed by atoms with Crippen LogP contribution < -0.4 is 15.0 Å². The number of benzene rings is 2. The summed E-state index contributed by atoms with van der Waals surface area (Å²) in [4.78, 5) is 19.8. The van der Waals surface area contributed by atoms with Gasteiger partial charge in [-0.3, -0.25) is 4.79 Å². The second-order valence-corrected chi connectivity index (χ2v) is 8.17. The summed E-state index contributed by atoms with van der Waals surface area (Å²) in [6.07, 6.45) is 1.31. The maximum Gasteiger partial charge on any atom is 0.263 e. The van der Waals surface area contributed by atoms with Gasteiger partial charge in [-0.15, -0.1) is 11.3 Å². The van der Waals surface area contributed by atoms with Crippen LogP contribution in [0.5, 0.6) is 5.75 Å². The molecule has 28 heavy (non-hydrogen) atoms. The molecule has 1 aromatic heterocycles. The fourth-order valence-electron chi connectivity index (χ4n) is 3.53. The van der Waals surface area contributed by atoms with Crippen LogP contribution in [0.4, 0.5) is 5.69 Å². The fraction of sp³-hybridized carbons (Fsp3) is 0.364. The number of hydrogen-bond donors (Lipinski definition) is 1. The number of rotatable bonds is 6. The third-order valence-corrected chi connectivity index (χ3v) is 6.17. The summed E-state index contributed by atoms with van der Waals surface area (Å²) in [6.45, 7) is 5.35. The summed E-state index contributed by atoms with van der Waals surface area (Å²) < 4.78 is 7.22. The van der Waals surface area contributed by atoms with Gasteiger partial charge in [-0.25, -0.2) is 4.98 Å². The van der Waals surface area contributed by atoms with E-state index >= 15 is 0 Å². The summed E-state index contributed by atoms with van der Waals surface area (Å²) in [5.41, 5.74) is 2.03. The van der Waals surface area contributed by atoms with Crippen molar-refractivity contribution in [3.63, 3.8) is 0 Å². The summed E-state index contributed by atoms with van der Waals surface area (Å²) in [5, 5.41) is 4.16. The first-order valence-electron chi connectivity index (χ1n) is 9.83. The Labute approximate surface area is 169 Å². The molecule has 1 aliphatic heterocycles. The maximum absolute atomic E-state index is 12.8. The standard InChI is InChI=1S/C22H25N3O2S/c1-3-15(4-2)23-22(26)19-13-25(17-10-6-7-11-18(17)27-19)14-21-24-16-9-5-8-12-20(16)28-21/h5-12,15,19H,3-4,13-14H2,1-2H3,(H,23,26). The van der Waals surface area contributed by atoms with Gasteiger partial charge in [0.2, 0.25) is 0 Å². The molecule has 2 aromatic carbocycles. The van der Waals surface area contributed by atoms with E-state index in [4.69, 9.17) is 9.72 Å². The van der Waals surface area contributed by atoms with Crippen LogP contribution in [0.1, 0.15) is 31.7 Å². The van der Waals surface area contributed by atoms with Crippen LogP contribution in [-0.4, -0.2) is 29.6 Å². The molecule has 1 amide bonds. The number of nitrogens with one attached hydrogen (secondary N) is 1. The maximum atomic E-state index is 12.8. The van der Waals surface area contributed by atoms with E-state index in [1.54, 1.807) is 11.3 Å². The highest BCUT2D eigenvalue weighted by Gasteiger charge is 2.31. The van der Waals surface area contributed by atoms with Gasteiger partial charge in [0.25, 0.3) is 5.91 Å². The van der Waals surface area contributed by atoms with Crippen molar-refractivity contribution in [2.45, 2.75) is 45.4 Å². The van der Waals surface area contributed by atoms with Crippen LogP contribution in [0.15, 0.2) is 48.5 Å². The van der Waals surface area contributed by atoms with Gasteiger partial charge in [0, 0.05) is 6.04 Å². The normalized spacial score (nSPS) is 16.1. The molecule has 1 N–H and O–H groups in total. The number of amides is 1. The second-order valence-electron chi connectivity index (χ2n) is 7.05. The van der Waals surface area contributed by atoms with Gasteiger partial charge in [0.15, 0.2) is 6.10 Å². The monoisotopic (exact) mass is 395 g/mol. The molecular formula is C22H25N3O2S. The highest BCUT2D eigenvalue weighted by molar-refractivity contribution is 7.18. The van der Waals surface area contributed by atoms with E-state index in [0.717, 1.165) is 34.8 Å². The molecule has 1 aliphatic rings. The average Bonchev–Trinajstić information content (AvgIpc) is 3.14. The highest BCUT2D eigenvalue weighted by Crippen LogP contribution is 2.35. The molecular weight excluding hydrogens is 370 g/mol. The summed E-state index contributed by atoms with van der Waals surface area (Å²) in [6, 6.07) is 16.3. The molecule has 3 aromatic rings. The van der Waals surface area contributed by atoms with Crippen molar-refractivity contribution in [2.24, 2.45) is 0 Å². The Hall–Kier alpha value is -2.60. The summed E-state index contributed by atoms with van der Waals surface area (Å²) >= 11 is 1.70. The number of aromatic nitrogens is 1. The van der Waals surface area contributed by atoms with Crippen LogP contribution in [0.25, 0.3) is 10.2 Å². The molecule has 0 saturated heterocycles. The first-order valence-corrected chi connectivity index (χ1v) is 10.6. The number of carbonyl (C=O) groups is 1. The van der Waals surface area contributed by atoms with Gasteiger partial charge in [0.1, 0.15) is 10.8 Å². The zero-order valence-electron chi connectivity index (χ0n) is 16.2. The highest BCUT2D eigenvalue weighted by atomic mass is 32.1. The Morgan fingerprint density at radius 2 is 1.96 bits per heavy atom. The Morgan fingerprint density at radius 1 is 1.21 bits per heavy atom. The Kier molecular flexibility index (Phi) is 5.48. The van der Waals surface area contributed by atoms with Gasteiger partial charge in [0.05, 0.1) is 29.0 Å². The molecule has 6 heteroatoms. The zero-order chi connectivity index (χ0) is 19.5. The molecule has 0 bridgehead atoms. The molecule has 2 heterocycles. The van der Waals surface area contributed by atoms with Crippen LogP contribution >= 0.6 is 11.3 Å². The summed E-state index contributed by atoms with van der Waals surface area (Å²) in [7, 11) is 0. The van der Waals surface area contributed by atoms with Gasteiger partial charge in [-0.1, -0.05) is 38.1 Å². The third-order valence-electron chi connectivity index (χ3n) is 5.15. The lowest BCUT2D eigenvalue weighted by atomic mass is 10.1. The molecule has 0 fully saturated rings. The number of para-hydroxylation sites is 3. The van der Waals surface area contributed by atoms with Crippen molar-refractivity contribution in [2.75, 3.05) is 11.4 Å². The largest absolute Gasteiger partial charge is 0.477 e. The second kappa shape index (κ2) is 8.19. The van der Waals surface area contributed by atoms with Crippen molar-refractivity contribution in [3.05, 3.63) is 53.5 Å². The molecule has 4 rings (SSSR count). The molecule has 0 saturated carbocycles. The number of nitrogens with zero attached hydrogens (tertiary/aromatic N) is 2. The first-order chi connectivity index (χ1) is 13.7. The van der Waals surface area contributed by atoms with E-state index in [-0.39, 0.29) is 11.9 Å². The molecule has 0 radical (unpaired) electrons. The van der Waals surface area contributed by atoms with E-state index in [1.807, 2.05) is 42.5 Å². The van der Waals surface area contributed by atoms with Crippen molar-refractivity contribution in [3.8, 4) is 5.75 Å². The van der Waals surface area contributed by atoms with E-state index in [0.29, 0.717) is 13.1 Å². The SMILES string of the molecule is CCC(CC)NC(=O)C1CN(Cc2nc3ccccc3s2)c2ccccc2O1. The molecule has 0 spiro atoms. The van der Waals surface area contributed by atoms with E-state index in [9.17, 15) is 4.79 Å². The molecule has 1 unspecified atom stereocenters. The lowest BCUT2D eigenvalue weighted by Crippen LogP contribution is -2.50. The minimum atomic E-state index is -0.523. The van der Waals surface area contributed by atoms with Crippen LogP contribution in [0.2, 0.25) is 0 Å². The number of anilines is 1. The van der Waals surface area contributed by atoms with Gasteiger partial charge < -0.3 is 15.0 Å². The lowest BCUT2D eigenvalue weighted by Gasteiger charge is -2.35. The molecule has 146 valence electrons. The molecule has 1 atom stereocenters. The minimum Gasteiger partial charge on any atom is -0.477 e. The Morgan fingerprint density at radius 3 is 2.75 bits per heavy atom. The molecule has 5 nitrogen and oxygen atoms in total. The molecule has 0 aliphatic carbocycles. The van der Waals surface area contributed by atoms with Crippen molar-refractivity contribution >= 4 is 33.1 Å². The lowest BCUT2D eigenvalue weighted by molar-refractivity contribution is -0.128. The summed E-state index contributed by atoms with van der Waals surface area (Å²) in [5.74, 6) is 0.706. The predicted molar refractivity (Wildman–Crippen MR) is 114 cm³/mol. The van der Waals surface area contributed by atoms with Crippen LogP contribution in [0.3, 0.4) is 0 Å². The number of thiazole rings is 1. The Balaban J connectivity index is 1.57. The van der Waals surface area contributed by atoms with Gasteiger partial charge in [-0.05, 0) is 37.1 Å². The quantitative estimate of drug-likeness (QED) is 0.673. The van der Waals surface area contributed by atoms with E-state index in [1.165, 1.54) is 4.70 Å². The number of hydrogen-bond acceptors (Lipinski definition) is 5. The number of fused-ring (bicyclic) bond motifs is 2. The average molecular weight is 396 g/mol. The Bertz CT molecular complexity index is 934. The first kappa shape index (κ1) is 18.7. The predicted octanol–water partition coefficient (Wildman–Crippen LogP) is 4.37. The zero-order valence-corrected chi connectivity index (χ0v) is 17.0. The van der Waals surface area contributed by atoms with Crippen LogP contribution in [0, 0.1) is 0 Å². The van der Waals surface area contributed by atoms with Crippen molar-refractivity contribution in [1.82, 2.24) is 10.3 Å².